The molecule has 0 saturated carbocycles. The van der Waals surface area contributed by atoms with E-state index in [-0.39, 0.29) is 22.0 Å². The van der Waals surface area contributed by atoms with E-state index in [2.05, 4.69) is 11.9 Å². The Bertz CT molecular complexity index is 1330. The zero-order chi connectivity index (χ0) is 25.4. The summed E-state index contributed by atoms with van der Waals surface area (Å²) in [6, 6.07) is 19.5. The molecule has 1 N–H and O–H groups in total. The Morgan fingerprint density at radius 1 is 1.09 bits per heavy atom. The van der Waals surface area contributed by atoms with E-state index in [9.17, 15) is 18.0 Å². The molecule has 7 nitrogen and oxygen atoms in total. The standard InChI is InChI=1S/C25H23ClN2O5S2/c1-3-14-28(19-9-5-4-6-10-19)35(31,32)21-12-13-23(26)22(16-21)25(30)33-17-24(29)27-18-8-7-11-20(15-18)34-2/h3-13,15-16H,1,14,17H2,2H3,(H,27,29). The number of sulfonamides is 1. The Balaban J connectivity index is 1.77. The highest BCUT2D eigenvalue weighted by Gasteiger charge is 2.26. The normalized spacial score (nSPS) is 10.9. The number of ether oxygens (including phenoxy) is 1. The number of nitrogens with zero attached hydrogens (tertiary/aromatic N) is 1. The summed E-state index contributed by atoms with van der Waals surface area (Å²) in [5.74, 6) is -1.47. The minimum absolute atomic E-state index is 0.00277. The zero-order valence-electron chi connectivity index (χ0n) is 18.8. The summed E-state index contributed by atoms with van der Waals surface area (Å²) in [5, 5.41) is 2.64. The number of anilines is 2. The Morgan fingerprint density at radius 2 is 1.83 bits per heavy atom. The number of halogens is 1. The molecule has 0 fully saturated rings. The van der Waals surface area contributed by atoms with Crippen molar-refractivity contribution in [2.75, 3.05) is 29.0 Å². The maximum Gasteiger partial charge on any atom is 0.340 e. The van der Waals surface area contributed by atoms with Crippen LogP contribution in [0.15, 0.2) is 95.2 Å². The number of benzene rings is 3. The van der Waals surface area contributed by atoms with E-state index in [0.29, 0.717) is 11.4 Å². The molecule has 182 valence electrons. The van der Waals surface area contributed by atoms with Crippen LogP contribution in [0.1, 0.15) is 10.4 Å². The molecular formula is C25H23ClN2O5S2. The van der Waals surface area contributed by atoms with E-state index < -0.39 is 28.5 Å². The highest BCUT2D eigenvalue weighted by Crippen LogP contribution is 2.27. The van der Waals surface area contributed by atoms with Crippen molar-refractivity contribution in [3.05, 3.63) is 96.0 Å². The average Bonchev–Trinajstić information content (AvgIpc) is 2.86. The molecule has 0 aliphatic rings. The summed E-state index contributed by atoms with van der Waals surface area (Å²) in [6.45, 7) is 3.09. The first kappa shape index (κ1) is 26.3. The van der Waals surface area contributed by atoms with Gasteiger partial charge in [0.2, 0.25) is 0 Å². The maximum atomic E-state index is 13.3. The number of carbonyl (C=O) groups excluding carboxylic acids is 2. The fraction of sp³-hybridized carbons (Fsp3) is 0.120. The van der Waals surface area contributed by atoms with Crippen LogP contribution in [0.4, 0.5) is 11.4 Å². The van der Waals surface area contributed by atoms with Gasteiger partial charge in [-0.1, -0.05) is 41.9 Å². The van der Waals surface area contributed by atoms with Gasteiger partial charge >= 0.3 is 5.97 Å². The molecule has 0 spiro atoms. The highest BCUT2D eigenvalue weighted by molar-refractivity contribution is 7.98. The summed E-state index contributed by atoms with van der Waals surface area (Å²) in [5.41, 5.74) is 0.831. The van der Waals surface area contributed by atoms with Gasteiger partial charge in [-0.2, -0.15) is 0 Å². The molecule has 3 aromatic rings. The Labute approximate surface area is 213 Å². The van der Waals surface area contributed by atoms with Gasteiger partial charge in [0.1, 0.15) is 0 Å². The highest BCUT2D eigenvalue weighted by atomic mass is 35.5. The van der Waals surface area contributed by atoms with Gasteiger partial charge in [-0.05, 0) is 54.8 Å². The Hall–Kier alpha value is -3.27. The van der Waals surface area contributed by atoms with Crippen LogP contribution in [0.3, 0.4) is 0 Å². The third kappa shape index (κ3) is 6.66. The number of amides is 1. The van der Waals surface area contributed by atoms with Crippen LogP contribution in [0.25, 0.3) is 0 Å². The van der Waals surface area contributed by atoms with Crippen molar-refractivity contribution in [1.82, 2.24) is 0 Å². The van der Waals surface area contributed by atoms with Crippen molar-refractivity contribution in [2.24, 2.45) is 0 Å². The van der Waals surface area contributed by atoms with Gasteiger partial charge in [0.15, 0.2) is 6.61 Å². The largest absolute Gasteiger partial charge is 0.452 e. The summed E-state index contributed by atoms with van der Waals surface area (Å²) in [7, 11) is -4.05. The van der Waals surface area contributed by atoms with Crippen molar-refractivity contribution in [3.8, 4) is 0 Å². The molecule has 0 atom stereocenters. The number of rotatable bonds is 10. The van der Waals surface area contributed by atoms with Crippen LogP contribution >= 0.6 is 23.4 Å². The van der Waals surface area contributed by atoms with Crippen molar-refractivity contribution in [1.29, 1.82) is 0 Å². The lowest BCUT2D eigenvalue weighted by Crippen LogP contribution is -2.31. The van der Waals surface area contributed by atoms with E-state index in [0.717, 1.165) is 15.3 Å². The average molecular weight is 531 g/mol. The number of esters is 1. The lowest BCUT2D eigenvalue weighted by atomic mass is 10.2. The summed E-state index contributed by atoms with van der Waals surface area (Å²) >= 11 is 7.67. The predicted molar refractivity (Wildman–Crippen MR) is 140 cm³/mol. The first-order valence-electron chi connectivity index (χ1n) is 10.4. The summed E-state index contributed by atoms with van der Waals surface area (Å²) in [6.07, 6.45) is 3.38. The van der Waals surface area contributed by atoms with E-state index in [1.807, 2.05) is 12.3 Å². The molecular weight excluding hydrogens is 508 g/mol. The smallest absolute Gasteiger partial charge is 0.340 e. The predicted octanol–water partition coefficient (Wildman–Crippen LogP) is 5.24. The van der Waals surface area contributed by atoms with Crippen LogP contribution in [0.2, 0.25) is 5.02 Å². The molecule has 0 aliphatic carbocycles. The van der Waals surface area contributed by atoms with Crippen molar-refractivity contribution < 1.29 is 22.7 Å². The molecule has 3 rings (SSSR count). The molecule has 0 radical (unpaired) electrons. The van der Waals surface area contributed by atoms with Crippen LogP contribution in [0.5, 0.6) is 0 Å². The number of hydrogen-bond donors (Lipinski definition) is 1. The Morgan fingerprint density at radius 3 is 2.51 bits per heavy atom. The molecule has 0 bridgehead atoms. The molecule has 0 heterocycles. The van der Waals surface area contributed by atoms with Crippen molar-refractivity contribution in [3.63, 3.8) is 0 Å². The van der Waals surface area contributed by atoms with Gasteiger partial charge in [0, 0.05) is 10.6 Å². The second kappa shape index (κ2) is 11.9. The van der Waals surface area contributed by atoms with Gasteiger partial charge in [0.25, 0.3) is 15.9 Å². The Kier molecular flexibility index (Phi) is 8.97. The second-order valence-corrected chi connectivity index (χ2v) is 10.3. The number of thioether (sulfide) groups is 1. The van der Waals surface area contributed by atoms with Gasteiger partial charge in [-0.15, -0.1) is 18.3 Å². The van der Waals surface area contributed by atoms with Crippen LogP contribution in [-0.2, 0) is 19.6 Å². The minimum atomic E-state index is -4.05. The van der Waals surface area contributed by atoms with E-state index in [1.54, 1.807) is 48.5 Å². The monoisotopic (exact) mass is 530 g/mol. The van der Waals surface area contributed by atoms with Gasteiger partial charge in [-0.25, -0.2) is 13.2 Å². The number of para-hydroxylation sites is 1. The van der Waals surface area contributed by atoms with Gasteiger partial charge in [0.05, 0.1) is 27.7 Å². The van der Waals surface area contributed by atoms with Crippen LogP contribution in [0, 0.1) is 0 Å². The second-order valence-electron chi connectivity index (χ2n) is 7.16. The first-order valence-corrected chi connectivity index (χ1v) is 13.4. The van der Waals surface area contributed by atoms with Crippen LogP contribution < -0.4 is 9.62 Å². The minimum Gasteiger partial charge on any atom is -0.452 e. The third-order valence-electron chi connectivity index (χ3n) is 4.77. The maximum absolute atomic E-state index is 13.3. The molecule has 0 unspecified atom stereocenters. The van der Waals surface area contributed by atoms with E-state index in [1.165, 1.54) is 30.0 Å². The molecule has 0 aromatic heterocycles. The molecule has 3 aromatic carbocycles. The SMILES string of the molecule is C=CCN(c1ccccc1)S(=O)(=O)c1ccc(Cl)c(C(=O)OCC(=O)Nc2cccc(SC)c2)c1. The molecule has 10 heteroatoms. The van der Waals surface area contributed by atoms with Crippen molar-refractivity contribution >= 4 is 56.6 Å². The van der Waals surface area contributed by atoms with Gasteiger partial charge in [-0.3, -0.25) is 9.10 Å². The number of nitrogens with one attached hydrogen (secondary N) is 1. The number of hydrogen-bond acceptors (Lipinski definition) is 6. The van der Waals surface area contributed by atoms with Crippen molar-refractivity contribution in [2.45, 2.75) is 9.79 Å². The van der Waals surface area contributed by atoms with Gasteiger partial charge < -0.3 is 10.1 Å². The van der Waals surface area contributed by atoms with E-state index in [4.69, 9.17) is 16.3 Å². The lowest BCUT2D eigenvalue weighted by Gasteiger charge is -2.23. The quantitative estimate of drug-likeness (QED) is 0.219. The fourth-order valence-corrected chi connectivity index (χ4v) is 5.23. The third-order valence-corrected chi connectivity index (χ3v) is 7.62. The van der Waals surface area contributed by atoms with Crippen LogP contribution in [-0.4, -0.2) is 39.7 Å². The van der Waals surface area contributed by atoms with E-state index >= 15 is 0 Å². The lowest BCUT2D eigenvalue weighted by molar-refractivity contribution is -0.119. The summed E-state index contributed by atoms with van der Waals surface area (Å²) in [4.78, 5) is 25.7. The topological polar surface area (TPSA) is 92.8 Å². The zero-order valence-corrected chi connectivity index (χ0v) is 21.2. The molecule has 35 heavy (non-hydrogen) atoms. The summed E-state index contributed by atoms with van der Waals surface area (Å²) < 4.78 is 33.0. The number of carbonyl (C=O) groups is 2. The molecule has 0 aliphatic heterocycles. The molecule has 0 saturated heterocycles. The molecule has 1 amide bonds. The fourth-order valence-electron chi connectivity index (χ4n) is 3.11. The first-order chi connectivity index (χ1) is 16.8.